The first kappa shape index (κ1) is 20.1. The molecule has 28 heavy (non-hydrogen) atoms. The number of carbonyl (C=O) groups is 1. The zero-order valence-electron chi connectivity index (χ0n) is 15.5. The number of carbonyl (C=O) groups excluding carboxylic acids is 1. The second-order valence-electron chi connectivity index (χ2n) is 6.23. The molecule has 0 aliphatic heterocycles. The third kappa shape index (κ3) is 4.61. The molecule has 0 saturated carbocycles. The molecular weight excluding hydrogens is 396 g/mol. The molecule has 9 heteroatoms. The Morgan fingerprint density at radius 3 is 2.68 bits per heavy atom. The van der Waals surface area contributed by atoms with Crippen molar-refractivity contribution < 1.29 is 13.2 Å². The van der Waals surface area contributed by atoms with Crippen LogP contribution in [0.4, 0.5) is 0 Å². The van der Waals surface area contributed by atoms with Crippen molar-refractivity contribution in [1.82, 2.24) is 19.6 Å². The Bertz CT molecular complexity index is 1060. The molecule has 0 spiro atoms. The van der Waals surface area contributed by atoms with E-state index >= 15 is 0 Å². The average Bonchev–Trinajstić information content (AvgIpc) is 3.15. The fourth-order valence-electron chi connectivity index (χ4n) is 2.53. The molecule has 3 rings (SSSR count). The van der Waals surface area contributed by atoms with Crippen LogP contribution in [-0.4, -0.2) is 42.7 Å². The Balaban J connectivity index is 1.65. The summed E-state index contributed by atoms with van der Waals surface area (Å²) in [7, 11) is -0.618. The molecule has 146 valence electrons. The maximum Gasteiger partial charge on any atom is 0.242 e. The van der Waals surface area contributed by atoms with Crippen molar-refractivity contribution in [2.45, 2.75) is 17.9 Å². The zero-order valence-corrected chi connectivity index (χ0v) is 17.1. The largest absolute Gasteiger partial charge is 0.352 e. The Morgan fingerprint density at radius 2 is 1.96 bits per heavy atom. The van der Waals surface area contributed by atoms with Crippen molar-refractivity contribution in [3.05, 3.63) is 65.4 Å². The van der Waals surface area contributed by atoms with E-state index in [2.05, 4.69) is 15.3 Å². The molecule has 3 aromatic rings. The lowest BCUT2D eigenvalue weighted by Gasteiger charge is -2.15. The van der Waals surface area contributed by atoms with Crippen LogP contribution in [0.3, 0.4) is 0 Å². The molecular formula is C19H20N4O3S2. The van der Waals surface area contributed by atoms with E-state index in [1.807, 2.05) is 17.5 Å². The smallest absolute Gasteiger partial charge is 0.242 e. The van der Waals surface area contributed by atoms with E-state index in [1.165, 1.54) is 31.5 Å². The van der Waals surface area contributed by atoms with Gasteiger partial charge in [-0.2, -0.15) is 0 Å². The quantitative estimate of drug-likeness (QED) is 0.638. The molecule has 2 aromatic heterocycles. The SMILES string of the molecule is CN(C)S(=O)(=O)c1ccccc1CNC(=O)Cc1csc(-c2cccnc2)n1. The molecule has 0 atom stereocenters. The van der Waals surface area contributed by atoms with Crippen molar-refractivity contribution >= 4 is 27.3 Å². The van der Waals surface area contributed by atoms with Crippen molar-refractivity contribution in [2.24, 2.45) is 0 Å². The van der Waals surface area contributed by atoms with E-state index in [0.29, 0.717) is 11.3 Å². The summed E-state index contributed by atoms with van der Waals surface area (Å²) in [5, 5.41) is 5.42. The second-order valence-corrected chi connectivity index (χ2v) is 9.21. The van der Waals surface area contributed by atoms with E-state index < -0.39 is 10.0 Å². The summed E-state index contributed by atoms with van der Waals surface area (Å²) in [6.45, 7) is 0.127. The molecule has 1 amide bonds. The number of hydrogen-bond donors (Lipinski definition) is 1. The van der Waals surface area contributed by atoms with Crippen LogP contribution in [-0.2, 0) is 27.8 Å². The molecule has 0 aliphatic rings. The van der Waals surface area contributed by atoms with Crippen LogP contribution in [0.5, 0.6) is 0 Å². The number of nitrogens with one attached hydrogen (secondary N) is 1. The molecule has 0 unspecified atom stereocenters. The van der Waals surface area contributed by atoms with Crippen LogP contribution in [0, 0.1) is 0 Å². The number of thiazole rings is 1. The number of amides is 1. The predicted molar refractivity (Wildman–Crippen MR) is 108 cm³/mol. The van der Waals surface area contributed by atoms with E-state index in [9.17, 15) is 13.2 Å². The summed E-state index contributed by atoms with van der Waals surface area (Å²) in [6, 6.07) is 10.4. The minimum atomic E-state index is -3.58. The number of sulfonamides is 1. The molecule has 7 nitrogen and oxygen atoms in total. The van der Waals surface area contributed by atoms with Gasteiger partial charge in [-0.05, 0) is 23.8 Å². The highest BCUT2D eigenvalue weighted by Gasteiger charge is 2.21. The molecule has 1 N–H and O–H groups in total. The Labute approximate surface area is 168 Å². The molecule has 0 fully saturated rings. The number of pyridine rings is 1. The maximum atomic E-state index is 12.4. The van der Waals surface area contributed by atoms with Gasteiger partial charge in [0.05, 0.1) is 17.0 Å². The fraction of sp³-hybridized carbons (Fsp3) is 0.211. The van der Waals surface area contributed by atoms with E-state index in [1.54, 1.807) is 30.6 Å². The molecule has 0 bridgehead atoms. The lowest BCUT2D eigenvalue weighted by atomic mass is 10.2. The third-order valence-electron chi connectivity index (χ3n) is 4.01. The number of benzene rings is 1. The highest BCUT2D eigenvalue weighted by Crippen LogP contribution is 2.23. The van der Waals surface area contributed by atoms with Gasteiger partial charge in [0.2, 0.25) is 15.9 Å². The standard InChI is InChI=1S/C19H20N4O3S2/c1-23(2)28(25,26)17-8-4-3-6-14(17)12-21-18(24)10-16-13-27-19(22-16)15-7-5-9-20-11-15/h3-9,11,13H,10,12H2,1-2H3,(H,21,24). The van der Waals surface area contributed by atoms with Gasteiger partial charge in [-0.15, -0.1) is 11.3 Å². The second kappa shape index (κ2) is 8.59. The monoisotopic (exact) mass is 416 g/mol. The first-order valence-corrected chi connectivity index (χ1v) is 10.8. The van der Waals surface area contributed by atoms with E-state index in [4.69, 9.17) is 0 Å². The maximum absolute atomic E-state index is 12.4. The molecule has 0 radical (unpaired) electrons. The lowest BCUT2D eigenvalue weighted by Crippen LogP contribution is -2.28. The van der Waals surface area contributed by atoms with Crippen LogP contribution in [0.1, 0.15) is 11.3 Å². The van der Waals surface area contributed by atoms with Crippen molar-refractivity contribution in [1.29, 1.82) is 0 Å². The van der Waals surface area contributed by atoms with Crippen LogP contribution in [0.2, 0.25) is 0 Å². The summed E-state index contributed by atoms with van der Waals surface area (Å²) in [5.41, 5.74) is 2.11. The van der Waals surface area contributed by atoms with Gasteiger partial charge in [0, 0.05) is 44.0 Å². The van der Waals surface area contributed by atoms with Gasteiger partial charge in [-0.3, -0.25) is 9.78 Å². The van der Waals surface area contributed by atoms with Gasteiger partial charge in [-0.1, -0.05) is 18.2 Å². The topological polar surface area (TPSA) is 92.3 Å². The predicted octanol–water partition coefficient (Wildman–Crippen LogP) is 2.31. The highest BCUT2D eigenvalue weighted by atomic mass is 32.2. The van der Waals surface area contributed by atoms with E-state index in [-0.39, 0.29) is 23.8 Å². The first-order valence-electron chi connectivity index (χ1n) is 8.50. The highest BCUT2D eigenvalue weighted by molar-refractivity contribution is 7.89. The average molecular weight is 417 g/mol. The van der Waals surface area contributed by atoms with Crippen molar-refractivity contribution in [3.63, 3.8) is 0 Å². The van der Waals surface area contributed by atoms with Crippen LogP contribution in [0.15, 0.2) is 59.1 Å². The van der Waals surface area contributed by atoms with Gasteiger partial charge in [0.15, 0.2) is 0 Å². The minimum absolute atomic E-state index is 0.124. The summed E-state index contributed by atoms with van der Waals surface area (Å²) in [4.78, 5) is 21.0. The summed E-state index contributed by atoms with van der Waals surface area (Å²) < 4.78 is 26.0. The minimum Gasteiger partial charge on any atom is -0.352 e. The van der Waals surface area contributed by atoms with Gasteiger partial charge in [0.1, 0.15) is 5.01 Å². The molecule has 2 heterocycles. The van der Waals surface area contributed by atoms with E-state index in [0.717, 1.165) is 14.9 Å². The van der Waals surface area contributed by atoms with Gasteiger partial charge >= 0.3 is 0 Å². The van der Waals surface area contributed by atoms with Crippen molar-refractivity contribution in [3.8, 4) is 10.6 Å². The van der Waals surface area contributed by atoms with Crippen LogP contribution >= 0.6 is 11.3 Å². The van der Waals surface area contributed by atoms with Crippen molar-refractivity contribution in [2.75, 3.05) is 14.1 Å². The lowest BCUT2D eigenvalue weighted by molar-refractivity contribution is -0.120. The van der Waals surface area contributed by atoms with Gasteiger partial charge < -0.3 is 5.32 Å². The Hall–Kier alpha value is -2.62. The zero-order chi connectivity index (χ0) is 20.1. The third-order valence-corrected chi connectivity index (χ3v) is 6.86. The number of aromatic nitrogens is 2. The number of rotatable bonds is 7. The Kier molecular flexibility index (Phi) is 6.18. The van der Waals surface area contributed by atoms with Crippen LogP contribution < -0.4 is 5.32 Å². The van der Waals surface area contributed by atoms with Crippen LogP contribution in [0.25, 0.3) is 10.6 Å². The van der Waals surface area contributed by atoms with Gasteiger partial charge in [-0.25, -0.2) is 17.7 Å². The summed E-state index contributed by atoms with van der Waals surface area (Å²) in [6.07, 6.45) is 3.55. The fourth-order valence-corrected chi connectivity index (χ4v) is 4.46. The number of nitrogens with zero attached hydrogens (tertiary/aromatic N) is 3. The molecule has 0 aliphatic carbocycles. The molecule has 1 aromatic carbocycles. The summed E-state index contributed by atoms with van der Waals surface area (Å²) >= 11 is 1.45. The number of hydrogen-bond acceptors (Lipinski definition) is 6. The Morgan fingerprint density at radius 1 is 1.18 bits per heavy atom. The normalized spacial score (nSPS) is 11.5. The molecule has 0 saturated heterocycles. The van der Waals surface area contributed by atoms with Gasteiger partial charge in [0.25, 0.3) is 0 Å². The first-order chi connectivity index (χ1) is 13.4. The summed E-state index contributed by atoms with van der Waals surface area (Å²) in [5.74, 6) is -0.222.